The zero-order valence-electron chi connectivity index (χ0n) is 12.6. The molecule has 0 unspecified atom stereocenters. The predicted molar refractivity (Wildman–Crippen MR) is 81.9 cm³/mol. The second-order valence-electron chi connectivity index (χ2n) is 5.00. The lowest BCUT2D eigenvalue weighted by atomic mass is 10.4. The van der Waals surface area contributed by atoms with Gasteiger partial charge in [0, 0.05) is 25.7 Å². The van der Waals surface area contributed by atoms with Gasteiger partial charge < -0.3 is 9.80 Å². The van der Waals surface area contributed by atoms with E-state index in [-0.39, 0.29) is 0 Å². The average Bonchev–Trinajstić information content (AvgIpc) is 3.30. The maximum absolute atomic E-state index is 5.50. The Kier molecular flexibility index (Phi) is 4.94. The summed E-state index contributed by atoms with van der Waals surface area (Å²) in [5, 5.41) is 0. The van der Waals surface area contributed by atoms with Crippen LogP contribution in [0.2, 0.25) is 0 Å². The summed E-state index contributed by atoms with van der Waals surface area (Å²) in [6.07, 6.45) is 3.52. The van der Waals surface area contributed by atoms with E-state index in [1.807, 2.05) is 0 Å². The van der Waals surface area contributed by atoms with Crippen LogP contribution in [-0.4, -0.2) is 40.6 Å². The zero-order valence-corrected chi connectivity index (χ0v) is 12.6. The van der Waals surface area contributed by atoms with Crippen molar-refractivity contribution in [1.29, 1.82) is 0 Å². The van der Waals surface area contributed by atoms with Gasteiger partial charge in [0.2, 0.25) is 17.8 Å². The molecule has 0 saturated heterocycles. The first-order chi connectivity index (χ1) is 9.73. The molecule has 0 bridgehead atoms. The van der Waals surface area contributed by atoms with Gasteiger partial charge in [-0.3, -0.25) is 5.43 Å². The Morgan fingerprint density at radius 3 is 2.25 bits per heavy atom. The molecule has 3 N–H and O–H groups in total. The summed E-state index contributed by atoms with van der Waals surface area (Å²) in [6.45, 7) is 9.04. The predicted octanol–water partition coefficient (Wildman–Crippen LogP) is 1.38. The smallest absolute Gasteiger partial charge is 0.243 e. The van der Waals surface area contributed by atoms with Crippen molar-refractivity contribution in [1.82, 2.24) is 15.0 Å². The van der Waals surface area contributed by atoms with E-state index in [4.69, 9.17) is 5.84 Å². The van der Waals surface area contributed by atoms with Crippen molar-refractivity contribution in [2.45, 2.75) is 46.1 Å². The highest BCUT2D eigenvalue weighted by Crippen LogP contribution is 2.30. The molecule has 7 heteroatoms. The van der Waals surface area contributed by atoms with Crippen molar-refractivity contribution in [3.63, 3.8) is 0 Å². The first-order valence-electron chi connectivity index (χ1n) is 7.47. The van der Waals surface area contributed by atoms with Gasteiger partial charge in [-0.15, -0.1) is 0 Å². The summed E-state index contributed by atoms with van der Waals surface area (Å²) in [5.41, 5.74) is 2.55. The van der Waals surface area contributed by atoms with E-state index in [2.05, 4.69) is 50.9 Å². The van der Waals surface area contributed by atoms with Gasteiger partial charge in [-0.1, -0.05) is 6.92 Å². The molecule has 1 fully saturated rings. The van der Waals surface area contributed by atoms with Gasteiger partial charge in [-0.25, -0.2) is 5.84 Å². The molecule has 112 valence electrons. The van der Waals surface area contributed by atoms with E-state index in [0.717, 1.165) is 32.0 Å². The maximum Gasteiger partial charge on any atom is 0.243 e. The SMILES string of the molecule is CCCN(c1nc(NN)nc(N(CC)CC)n1)C1CC1. The molecular weight excluding hydrogens is 254 g/mol. The Morgan fingerprint density at radius 2 is 1.75 bits per heavy atom. The highest BCUT2D eigenvalue weighted by molar-refractivity contribution is 5.46. The lowest BCUT2D eigenvalue weighted by molar-refractivity contribution is 0.723. The third-order valence-corrected chi connectivity index (χ3v) is 3.50. The first-order valence-corrected chi connectivity index (χ1v) is 7.47. The Balaban J connectivity index is 2.33. The molecule has 0 atom stereocenters. The van der Waals surface area contributed by atoms with Crippen LogP contribution in [0.4, 0.5) is 17.8 Å². The van der Waals surface area contributed by atoms with Crippen molar-refractivity contribution in [2.75, 3.05) is 34.9 Å². The van der Waals surface area contributed by atoms with Gasteiger partial charge in [0.15, 0.2) is 0 Å². The monoisotopic (exact) mass is 279 g/mol. The molecule has 20 heavy (non-hydrogen) atoms. The molecular formula is C13H25N7. The van der Waals surface area contributed by atoms with Crippen LogP contribution in [0.15, 0.2) is 0 Å². The molecule has 0 aromatic carbocycles. The minimum Gasteiger partial charge on any atom is -0.341 e. The molecule has 1 aliphatic carbocycles. The Morgan fingerprint density at radius 1 is 1.10 bits per heavy atom. The number of nitrogens with two attached hydrogens (primary N) is 1. The summed E-state index contributed by atoms with van der Waals surface area (Å²) >= 11 is 0. The van der Waals surface area contributed by atoms with Gasteiger partial charge >= 0.3 is 0 Å². The first kappa shape index (κ1) is 14.8. The van der Waals surface area contributed by atoms with Crippen LogP contribution in [-0.2, 0) is 0 Å². The van der Waals surface area contributed by atoms with Crippen molar-refractivity contribution < 1.29 is 0 Å². The largest absolute Gasteiger partial charge is 0.341 e. The average molecular weight is 279 g/mol. The highest BCUT2D eigenvalue weighted by atomic mass is 15.4. The summed E-state index contributed by atoms with van der Waals surface area (Å²) in [4.78, 5) is 17.8. The van der Waals surface area contributed by atoms with Gasteiger partial charge in [-0.05, 0) is 33.1 Å². The lowest BCUT2D eigenvalue weighted by Crippen LogP contribution is -2.31. The topological polar surface area (TPSA) is 83.2 Å². The van der Waals surface area contributed by atoms with E-state index in [9.17, 15) is 0 Å². The van der Waals surface area contributed by atoms with Crippen molar-refractivity contribution in [3.05, 3.63) is 0 Å². The van der Waals surface area contributed by atoms with Gasteiger partial charge in [0.05, 0.1) is 0 Å². The summed E-state index contributed by atoms with van der Waals surface area (Å²) < 4.78 is 0. The standard InChI is InChI=1S/C13H25N7/c1-4-9-20(10-7-8-10)13-16-11(18-14)15-12(17-13)19(5-2)6-3/h10H,4-9,14H2,1-3H3,(H,15,16,17,18). The summed E-state index contributed by atoms with van der Waals surface area (Å²) in [5.74, 6) is 7.35. The van der Waals surface area contributed by atoms with E-state index in [0.29, 0.717) is 17.9 Å². The van der Waals surface area contributed by atoms with Gasteiger partial charge in [0.1, 0.15) is 0 Å². The molecule has 1 heterocycles. The molecule has 1 saturated carbocycles. The Labute approximate surface area is 120 Å². The number of nitrogens with zero attached hydrogens (tertiary/aromatic N) is 5. The quantitative estimate of drug-likeness (QED) is 0.549. The number of aromatic nitrogens is 3. The van der Waals surface area contributed by atoms with Crippen molar-refractivity contribution in [2.24, 2.45) is 5.84 Å². The van der Waals surface area contributed by atoms with Crippen LogP contribution >= 0.6 is 0 Å². The number of nitrogens with one attached hydrogen (secondary N) is 1. The molecule has 2 rings (SSSR count). The van der Waals surface area contributed by atoms with Gasteiger partial charge in [0.25, 0.3) is 0 Å². The number of hydrogen-bond acceptors (Lipinski definition) is 7. The van der Waals surface area contributed by atoms with E-state index < -0.39 is 0 Å². The third-order valence-electron chi connectivity index (χ3n) is 3.50. The highest BCUT2D eigenvalue weighted by Gasteiger charge is 2.31. The molecule has 1 aromatic heterocycles. The Hall–Kier alpha value is -1.63. The number of anilines is 3. The fraction of sp³-hybridized carbons (Fsp3) is 0.769. The van der Waals surface area contributed by atoms with Crippen LogP contribution in [0.25, 0.3) is 0 Å². The normalized spacial score (nSPS) is 14.2. The fourth-order valence-corrected chi connectivity index (χ4v) is 2.27. The maximum atomic E-state index is 5.50. The van der Waals surface area contributed by atoms with E-state index in [1.54, 1.807) is 0 Å². The van der Waals surface area contributed by atoms with Crippen LogP contribution in [0.3, 0.4) is 0 Å². The molecule has 7 nitrogen and oxygen atoms in total. The lowest BCUT2D eigenvalue weighted by Gasteiger charge is -2.24. The molecule has 1 aromatic rings. The number of hydrogen-bond donors (Lipinski definition) is 2. The molecule has 0 radical (unpaired) electrons. The van der Waals surface area contributed by atoms with E-state index >= 15 is 0 Å². The molecule has 0 aliphatic heterocycles. The fourth-order valence-electron chi connectivity index (χ4n) is 2.27. The second kappa shape index (κ2) is 6.69. The van der Waals surface area contributed by atoms with Crippen molar-refractivity contribution in [3.8, 4) is 0 Å². The molecule has 0 amide bonds. The van der Waals surface area contributed by atoms with Crippen LogP contribution < -0.4 is 21.1 Å². The number of hydrazine groups is 1. The number of rotatable bonds is 8. The summed E-state index contributed by atoms with van der Waals surface area (Å²) in [6, 6.07) is 0.576. The van der Waals surface area contributed by atoms with Gasteiger partial charge in [-0.2, -0.15) is 15.0 Å². The zero-order chi connectivity index (χ0) is 14.5. The third kappa shape index (κ3) is 3.27. The summed E-state index contributed by atoms with van der Waals surface area (Å²) in [7, 11) is 0. The minimum atomic E-state index is 0.429. The molecule has 0 spiro atoms. The van der Waals surface area contributed by atoms with Crippen molar-refractivity contribution >= 4 is 17.8 Å². The number of nitrogen functional groups attached to an aromatic ring is 1. The second-order valence-corrected chi connectivity index (χ2v) is 5.00. The van der Waals surface area contributed by atoms with Crippen LogP contribution in [0, 0.1) is 0 Å². The molecule has 1 aliphatic rings. The van der Waals surface area contributed by atoms with Crippen LogP contribution in [0.5, 0.6) is 0 Å². The minimum absolute atomic E-state index is 0.429. The van der Waals surface area contributed by atoms with Crippen LogP contribution in [0.1, 0.15) is 40.0 Å². The Bertz CT molecular complexity index is 429. The van der Waals surface area contributed by atoms with E-state index in [1.165, 1.54) is 12.8 Å².